The van der Waals surface area contributed by atoms with Crippen LogP contribution in [-0.2, 0) is 28.0 Å². The summed E-state index contributed by atoms with van der Waals surface area (Å²) in [4.78, 5) is 29.7. The largest absolute Gasteiger partial charge is 0.483 e. The number of nitrogens with one attached hydrogen (secondary N) is 1. The van der Waals surface area contributed by atoms with E-state index in [1.807, 2.05) is 79.7 Å². The Balaban J connectivity index is 1.62. The Morgan fingerprint density at radius 2 is 1.66 bits per heavy atom. The first-order valence-electron chi connectivity index (χ1n) is 14.7. The van der Waals surface area contributed by atoms with E-state index in [0.717, 1.165) is 46.8 Å². The molecule has 1 aliphatic carbocycles. The maximum Gasteiger partial charge on any atom is 0.261 e. The van der Waals surface area contributed by atoms with E-state index in [1.54, 1.807) is 4.90 Å². The van der Waals surface area contributed by atoms with E-state index in [4.69, 9.17) is 4.74 Å². The Morgan fingerprint density at radius 1 is 0.976 bits per heavy atom. The molecule has 1 aliphatic rings. The zero-order valence-corrected chi connectivity index (χ0v) is 26.4. The quantitative estimate of drug-likeness (QED) is 0.255. The molecule has 1 fully saturated rings. The number of ether oxygens (including phenoxy) is 1. The molecular weight excluding hydrogens is 576 g/mol. The number of hydrogen-bond donors (Lipinski definition) is 1. The Morgan fingerprint density at radius 3 is 2.32 bits per heavy atom. The van der Waals surface area contributed by atoms with Crippen molar-refractivity contribution < 1.29 is 14.3 Å². The van der Waals surface area contributed by atoms with Gasteiger partial charge in [0, 0.05) is 19.0 Å². The van der Waals surface area contributed by atoms with E-state index < -0.39 is 6.04 Å². The molecule has 6 heteroatoms. The van der Waals surface area contributed by atoms with E-state index in [1.165, 1.54) is 12.0 Å². The molecule has 1 atom stereocenters. The molecule has 1 saturated carbocycles. The lowest BCUT2D eigenvalue weighted by atomic mass is 9.87. The highest BCUT2D eigenvalue weighted by Gasteiger charge is 2.32. The van der Waals surface area contributed by atoms with Crippen molar-refractivity contribution in [2.75, 3.05) is 6.61 Å². The van der Waals surface area contributed by atoms with Gasteiger partial charge in [-0.05, 0) is 75.5 Å². The fourth-order valence-electron chi connectivity index (χ4n) is 5.38. The number of rotatable bonds is 10. The maximum atomic E-state index is 14.0. The Kier molecular flexibility index (Phi) is 10.7. The third-order valence-corrected chi connectivity index (χ3v) is 8.59. The second kappa shape index (κ2) is 14.2. The number of amides is 2. The summed E-state index contributed by atoms with van der Waals surface area (Å²) in [5, 5.41) is 3.30. The van der Waals surface area contributed by atoms with Gasteiger partial charge in [0.2, 0.25) is 5.91 Å². The minimum Gasteiger partial charge on any atom is -0.483 e. The second-order valence-electron chi connectivity index (χ2n) is 12.2. The van der Waals surface area contributed by atoms with E-state index in [2.05, 4.69) is 42.0 Å². The first-order valence-corrected chi connectivity index (χ1v) is 15.5. The Bertz CT molecular complexity index is 1310. The van der Waals surface area contributed by atoms with Gasteiger partial charge in [-0.1, -0.05) is 101 Å². The van der Waals surface area contributed by atoms with Crippen LogP contribution < -0.4 is 10.1 Å². The van der Waals surface area contributed by atoms with Crippen molar-refractivity contribution >= 4 is 27.7 Å². The third kappa shape index (κ3) is 8.68. The van der Waals surface area contributed by atoms with Crippen LogP contribution in [-0.4, -0.2) is 35.4 Å². The highest BCUT2D eigenvalue weighted by Crippen LogP contribution is 2.31. The first-order chi connectivity index (χ1) is 19.6. The summed E-state index contributed by atoms with van der Waals surface area (Å²) in [5.41, 5.74) is 4.28. The van der Waals surface area contributed by atoms with Gasteiger partial charge < -0.3 is 15.0 Å². The van der Waals surface area contributed by atoms with Crippen LogP contribution in [0.5, 0.6) is 5.75 Å². The fraction of sp³-hybridized carbons (Fsp3) is 0.429. The Hall–Kier alpha value is -3.12. The minimum atomic E-state index is -0.665. The van der Waals surface area contributed by atoms with Crippen molar-refractivity contribution in [3.63, 3.8) is 0 Å². The molecule has 3 aromatic rings. The Labute approximate surface area is 253 Å². The molecule has 41 heavy (non-hydrogen) atoms. The first kappa shape index (κ1) is 30.8. The standard InChI is InChI=1S/C35H43BrN2O3/c1-25-13-11-12-16-27(25)23-38(33(39)24-41-32-20-19-28(22-30(32)36)35(2,3)4)31(21-26-14-7-5-8-15-26)34(40)37-29-17-9-6-10-18-29/h5,7-8,11-16,19-20,22,29,31H,6,9-10,17-18,21,23-24H2,1-4H3,(H,37,40)/t31-/m1/s1. The molecule has 2 amide bonds. The monoisotopic (exact) mass is 618 g/mol. The van der Waals surface area contributed by atoms with E-state index in [-0.39, 0.29) is 29.9 Å². The minimum absolute atomic E-state index is 0.00241. The molecule has 218 valence electrons. The van der Waals surface area contributed by atoms with Crippen molar-refractivity contribution in [3.8, 4) is 5.75 Å². The number of aryl methyl sites for hydroxylation is 1. The number of nitrogens with zero attached hydrogens (tertiary/aromatic N) is 1. The highest BCUT2D eigenvalue weighted by atomic mass is 79.9. The van der Waals surface area contributed by atoms with Crippen LogP contribution in [0.4, 0.5) is 0 Å². The lowest BCUT2D eigenvalue weighted by Gasteiger charge is -2.33. The van der Waals surface area contributed by atoms with E-state index in [0.29, 0.717) is 18.7 Å². The summed E-state index contributed by atoms with van der Waals surface area (Å²) in [6, 6.07) is 23.4. The van der Waals surface area contributed by atoms with Crippen LogP contribution in [0.1, 0.15) is 75.1 Å². The fourth-order valence-corrected chi connectivity index (χ4v) is 5.87. The van der Waals surface area contributed by atoms with Crippen molar-refractivity contribution in [1.82, 2.24) is 10.2 Å². The number of halogens is 1. The average Bonchev–Trinajstić information content (AvgIpc) is 2.95. The molecule has 1 N–H and O–H groups in total. The zero-order valence-electron chi connectivity index (χ0n) is 24.8. The van der Waals surface area contributed by atoms with Crippen LogP contribution in [0.25, 0.3) is 0 Å². The van der Waals surface area contributed by atoms with Crippen molar-refractivity contribution in [1.29, 1.82) is 0 Å². The number of carbonyl (C=O) groups is 2. The lowest BCUT2D eigenvalue weighted by molar-refractivity contribution is -0.143. The summed E-state index contributed by atoms with van der Waals surface area (Å²) in [6.07, 6.45) is 5.85. The average molecular weight is 620 g/mol. The molecule has 0 saturated heterocycles. The zero-order chi connectivity index (χ0) is 29.4. The molecule has 0 bridgehead atoms. The molecule has 0 aliphatic heterocycles. The predicted octanol–water partition coefficient (Wildman–Crippen LogP) is 7.52. The molecule has 0 aromatic heterocycles. The van der Waals surface area contributed by atoms with Gasteiger partial charge >= 0.3 is 0 Å². The van der Waals surface area contributed by atoms with Gasteiger partial charge in [0.25, 0.3) is 5.91 Å². The van der Waals surface area contributed by atoms with Gasteiger partial charge in [-0.3, -0.25) is 9.59 Å². The third-order valence-electron chi connectivity index (χ3n) is 7.97. The summed E-state index contributed by atoms with van der Waals surface area (Å²) in [5.74, 6) is 0.284. The topological polar surface area (TPSA) is 58.6 Å². The van der Waals surface area contributed by atoms with Gasteiger partial charge in [-0.15, -0.1) is 0 Å². The van der Waals surface area contributed by atoms with E-state index >= 15 is 0 Å². The highest BCUT2D eigenvalue weighted by molar-refractivity contribution is 9.10. The van der Waals surface area contributed by atoms with Crippen LogP contribution in [0, 0.1) is 6.92 Å². The number of carbonyl (C=O) groups excluding carboxylic acids is 2. The molecule has 0 spiro atoms. The van der Waals surface area contributed by atoms with Crippen LogP contribution in [0.15, 0.2) is 77.3 Å². The molecule has 3 aromatic carbocycles. The SMILES string of the molecule is Cc1ccccc1CN(C(=O)COc1ccc(C(C)(C)C)cc1Br)[C@H](Cc1ccccc1)C(=O)NC1CCCCC1. The summed E-state index contributed by atoms with van der Waals surface area (Å²) in [6.45, 7) is 8.68. The summed E-state index contributed by atoms with van der Waals surface area (Å²) < 4.78 is 6.88. The second-order valence-corrected chi connectivity index (χ2v) is 13.0. The number of benzene rings is 3. The van der Waals surface area contributed by atoms with Gasteiger partial charge in [-0.2, -0.15) is 0 Å². The smallest absolute Gasteiger partial charge is 0.261 e. The van der Waals surface area contributed by atoms with Crippen LogP contribution in [0.2, 0.25) is 0 Å². The lowest BCUT2D eigenvalue weighted by Crippen LogP contribution is -2.53. The normalized spacial score (nSPS) is 14.8. The van der Waals surface area contributed by atoms with Crippen molar-refractivity contribution in [3.05, 3.63) is 99.5 Å². The molecule has 0 radical (unpaired) electrons. The van der Waals surface area contributed by atoms with Gasteiger partial charge in [-0.25, -0.2) is 0 Å². The van der Waals surface area contributed by atoms with Crippen molar-refractivity contribution in [2.24, 2.45) is 0 Å². The van der Waals surface area contributed by atoms with Crippen LogP contribution in [0.3, 0.4) is 0 Å². The van der Waals surface area contributed by atoms with E-state index in [9.17, 15) is 9.59 Å². The molecule has 0 heterocycles. The maximum absolute atomic E-state index is 14.0. The molecule has 0 unspecified atom stereocenters. The summed E-state index contributed by atoms with van der Waals surface area (Å²) in [7, 11) is 0. The van der Waals surface area contributed by atoms with Gasteiger partial charge in [0.1, 0.15) is 11.8 Å². The van der Waals surface area contributed by atoms with Gasteiger partial charge in [0.05, 0.1) is 4.47 Å². The molecule has 4 rings (SSSR count). The molecule has 5 nitrogen and oxygen atoms in total. The van der Waals surface area contributed by atoms with Crippen molar-refractivity contribution in [2.45, 2.75) is 90.3 Å². The predicted molar refractivity (Wildman–Crippen MR) is 169 cm³/mol. The summed E-state index contributed by atoms with van der Waals surface area (Å²) >= 11 is 3.63. The van der Waals surface area contributed by atoms with Crippen LogP contribution >= 0.6 is 15.9 Å². The number of hydrogen-bond acceptors (Lipinski definition) is 3. The molecular formula is C35H43BrN2O3. The van der Waals surface area contributed by atoms with Gasteiger partial charge in [0.15, 0.2) is 6.61 Å².